The predicted octanol–water partition coefficient (Wildman–Crippen LogP) is 4.10. The first-order valence-electron chi connectivity index (χ1n) is 9.17. The van der Waals surface area contributed by atoms with Gasteiger partial charge in [0.1, 0.15) is 5.60 Å². The fraction of sp³-hybridized carbons (Fsp3) is 0.619. The lowest BCUT2D eigenvalue weighted by molar-refractivity contribution is -0.155. The summed E-state index contributed by atoms with van der Waals surface area (Å²) in [6, 6.07) is 7.00. The summed E-state index contributed by atoms with van der Waals surface area (Å²) >= 11 is 0. The van der Waals surface area contributed by atoms with E-state index in [1.807, 2.05) is 48.5 Å². The first kappa shape index (κ1) is 22.2. The molecular formula is C21H33NO4. The Morgan fingerprint density at radius 1 is 1.08 bits per heavy atom. The maximum atomic E-state index is 13.0. The van der Waals surface area contributed by atoms with Crippen molar-refractivity contribution in [2.24, 2.45) is 0 Å². The molecule has 0 saturated heterocycles. The molecule has 5 nitrogen and oxygen atoms in total. The molecule has 0 saturated carbocycles. The highest BCUT2D eigenvalue weighted by molar-refractivity contribution is 5.95. The van der Waals surface area contributed by atoms with Gasteiger partial charge < -0.3 is 14.7 Å². The third kappa shape index (κ3) is 6.79. The SMILES string of the molecule is CCC(O)c1ccc(C(=O)N(CCC(=O)OC(C)(C)C)C(C)(C)C)cc1. The van der Waals surface area contributed by atoms with E-state index >= 15 is 0 Å². The molecule has 1 rings (SSSR count). The number of ether oxygens (including phenoxy) is 1. The van der Waals surface area contributed by atoms with Gasteiger partial charge in [0.15, 0.2) is 0 Å². The van der Waals surface area contributed by atoms with Gasteiger partial charge >= 0.3 is 5.97 Å². The number of amides is 1. The van der Waals surface area contributed by atoms with Crippen molar-refractivity contribution in [3.8, 4) is 0 Å². The van der Waals surface area contributed by atoms with Crippen molar-refractivity contribution in [2.45, 2.75) is 78.6 Å². The summed E-state index contributed by atoms with van der Waals surface area (Å²) in [7, 11) is 0. The van der Waals surface area contributed by atoms with Crippen molar-refractivity contribution < 1.29 is 19.4 Å². The number of carbonyl (C=O) groups is 2. The van der Waals surface area contributed by atoms with Crippen LogP contribution in [0, 0.1) is 0 Å². The molecule has 1 aromatic carbocycles. The standard InChI is InChI=1S/C21H33NO4/c1-8-17(23)15-9-11-16(12-10-15)19(25)22(20(2,3)4)14-13-18(24)26-21(5,6)7/h9-12,17,23H,8,13-14H2,1-7H3. The molecule has 0 aromatic heterocycles. The molecule has 1 atom stereocenters. The molecule has 0 heterocycles. The van der Waals surface area contributed by atoms with Crippen LogP contribution in [0.15, 0.2) is 24.3 Å². The summed E-state index contributed by atoms with van der Waals surface area (Å²) in [4.78, 5) is 26.6. The van der Waals surface area contributed by atoms with Crippen LogP contribution >= 0.6 is 0 Å². The van der Waals surface area contributed by atoms with Crippen LogP contribution in [0.2, 0.25) is 0 Å². The second-order valence-corrected chi connectivity index (χ2v) is 8.51. The monoisotopic (exact) mass is 363 g/mol. The highest BCUT2D eigenvalue weighted by Crippen LogP contribution is 2.21. The fourth-order valence-corrected chi connectivity index (χ4v) is 2.58. The number of benzene rings is 1. The van der Waals surface area contributed by atoms with Crippen molar-refractivity contribution in [3.63, 3.8) is 0 Å². The van der Waals surface area contributed by atoms with Gasteiger partial charge in [0.05, 0.1) is 12.5 Å². The average Bonchev–Trinajstić information content (AvgIpc) is 2.51. The minimum absolute atomic E-state index is 0.140. The summed E-state index contributed by atoms with van der Waals surface area (Å²) in [5.74, 6) is -0.459. The number of hydrogen-bond donors (Lipinski definition) is 1. The van der Waals surface area contributed by atoms with E-state index < -0.39 is 17.2 Å². The summed E-state index contributed by atoms with van der Waals surface area (Å²) in [6.07, 6.45) is 0.245. The molecule has 5 heteroatoms. The Labute approximate surface area is 157 Å². The number of aliphatic hydroxyl groups excluding tert-OH is 1. The van der Waals surface area contributed by atoms with Crippen LogP contribution in [0.3, 0.4) is 0 Å². The maximum absolute atomic E-state index is 13.0. The third-order valence-electron chi connectivity index (χ3n) is 3.94. The molecule has 1 unspecified atom stereocenters. The second kappa shape index (κ2) is 8.67. The van der Waals surface area contributed by atoms with Crippen LogP contribution < -0.4 is 0 Å². The van der Waals surface area contributed by atoms with E-state index in [1.54, 1.807) is 29.2 Å². The largest absolute Gasteiger partial charge is 0.460 e. The normalized spacial score (nSPS) is 13.2. The Kier molecular flexibility index (Phi) is 7.39. The van der Waals surface area contributed by atoms with E-state index in [1.165, 1.54) is 0 Å². The first-order valence-corrected chi connectivity index (χ1v) is 9.17. The van der Waals surface area contributed by atoms with Crippen LogP contribution in [0.25, 0.3) is 0 Å². The molecule has 0 aliphatic carbocycles. The minimum Gasteiger partial charge on any atom is -0.460 e. The van der Waals surface area contributed by atoms with Gasteiger partial charge in [-0.25, -0.2) is 0 Å². The summed E-state index contributed by atoms with van der Waals surface area (Å²) in [5, 5.41) is 9.89. The smallest absolute Gasteiger partial charge is 0.308 e. The Morgan fingerprint density at radius 2 is 1.62 bits per heavy atom. The molecule has 1 aromatic rings. The van der Waals surface area contributed by atoms with Crippen LogP contribution in [-0.4, -0.2) is 39.6 Å². The van der Waals surface area contributed by atoms with E-state index in [2.05, 4.69) is 0 Å². The Morgan fingerprint density at radius 3 is 2.04 bits per heavy atom. The lowest BCUT2D eigenvalue weighted by atomic mass is 10.0. The van der Waals surface area contributed by atoms with Crippen molar-refractivity contribution in [1.29, 1.82) is 0 Å². The number of nitrogens with zero attached hydrogens (tertiary/aromatic N) is 1. The van der Waals surface area contributed by atoms with Gasteiger partial charge in [-0.15, -0.1) is 0 Å². The molecule has 0 aliphatic heterocycles. The highest BCUT2D eigenvalue weighted by Gasteiger charge is 2.28. The molecule has 26 heavy (non-hydrogen) atoms. The van der Waals surface area contributed by atoms with E-state index in [0.717, 1.165) is 5.56 Å². The molecule has 1 amide bonds. The Balaban J connectivity index is 2.89. The van der Waals surface area contributed by atoms with Crippen molar-refractivity contribution in [1.82, 2.24) is 4.90 Å². The zero-order valence-corrected chi connectivity index (χ0v) is 17.1. The molecule has 0 fully saturated rings. The Hall–Kier alpha value is -1.88. The van der Waals surface area contributed by atoms with Crippen molar-refractivity contribution >= 4 is 11.9 Å². The summed E-state index contributed by atoms with van der Waals surface area (Å²) in [5.41, 5.74) is 0.362. The number of aliphatic hydroxyl groups is 1. The highest BCUT2D eigenvalue weighted by atomic mass is 16.6. The van der Waals surface area contributed by atoms with E-state index in [0.29, 0.717) is 12.0 Å². The second-order valence-electron chi connectivity index (χ2n) is 8.51. The fourth-order valence-electron chi connectivity index (χ4n) is 2.58. The lowest BCUT2D eigenvalue weighted by Crippen LogP contribution is -2.46. The van der Waals surface area contributed by atoms with Crippen molar-refractivity contribution in [2.75, 3.05) is 6.54 Å². The first-order chi connectivity index (χ1) is 11.8. The van der Waals surface area contributed by atoms with Gasteiger partial charge in [-0.3, -0.25) is 9.59 Å². The lowest BCUT2D eigenvalue weighted by Gasteiger charge is -2.36. The number of esters is 1. The molecule has 0 radical (unpaired) electrons. The van der Waals surface area contributed by atoms with Gasteiger partial charge in [-0.1, -0.05) is 19.1 Å². The van der Waals surface area contributed by atoms with E-state index in [-0.39, 0.29) is 24.8 Å². The zero-order chi connectivity index (χ0) is 20.1. The molecular weight excluding hydrogens is 330 g/mol. The van der Waals surface area contributed by atoms with Gasteiger partial charge in [0.25, 0.3) is 5.91 Å². The van der Waals surface area contributed by atoms with E-state index in [4.69, 9.17) is 4.74 Å². The number of carbonyl (C=O) groups excluding carboxylic acids is 2. The summed E-state index contributed by atoms with van der Waals surface area (Å²) in [6.45, 7) is 13.5. The van der Waals surface area contributed by atoms with Crippen LogP contribution in [0.1, 0.15) is 83.3 Å². The topological polar surface area (TPSA) is 66.8 Å². The molecule has 146 valence electrons. The number of rotatable bonds is 6. The third-order valence-corrected chi connectivity index (χ3v) is 3.94. The van der Waals surface area contributed by atoms with Crippen molar-refractivity contribution in [3.05, 3.63) is 35.4 Å². The molecule has 1 N–H and O–H groups in total. The molecule has 0 aliphatic rings. The summed E-state index contributed by atoms with van der Waals surface area (Å²) < 4.78 is 5.34. The number of hydrogen-bond acceptors (Lipinski definition) is 4. The zero-order valence-electron chi connectivity index (χ0n) is 17.1. The quantitative estimate of drug-likeness (QED) is 0.773. The Bertz CT molecular complexity index is 608. The van der Waals surface area contributed by atoms with Crippen LogP contribution in [0.5, 0.6) is 0 Å². The van der Waals surface area contributed by atoms with Gasteiger partial charge in [-0.2, -0.15) is 0 Å². The average molecular weight is 363 g/mol. The van der Waals surface area contributed by atoms with Crippen LogP contribution in [-0.2, 0) is 9.53 Å². The predicted molar refractivity (Wildman–Crippen MR) is 103 cm³/mol. The molecule has 0 bridgehead atoms. The van der Waals surface area contributed by atoms with Crippen LogP contribution in [0.4, 0.5) is 0 Å². The van der Waals surface area contributed by atoms with Gasteiger partial charge in [0, 0.05) is 17.6 Å². The van der Waals surface area contributed by atoms with Gasteiger partial charge in [-0.05, 0) is 65.7 Å². The minimum atomic E-state index is -0.538. The molecule has 0 spiro atoms. The van der Waals surface area contributed by atoms with Gasteiger partial charge in [0.2, 0.25) is 0 Å². The van der Waals surface area contributed by atoms with E-state index in [9.17, 15) is 14.7 Å². The maximum Gasteiger partial charge on any atom is 0.308 e.